The second-order valence-electron chi connectivity index (χ2n) is 4.00. The first-order valence-corrected chi connectivity index (χ1v) is 7.80. The lowest BCUT2D eigenvalue weighted by Gasteiger charge is -2.22. The minimum absolute atomic E-state index is 0.00375. The Morgan fingerprint density at radius 3 is 2.88 bits per heavy atom. The summed E-state index contributed by atoms with van der Waals surface area (Å²) in [6.45, 7) is 5.04. The van der Waals surface area contributed by atoms with Crippen LogP contribution in [-0.2, 0) is 15.6 Å². The van der Waals surface area contributed by atoms with Crippen molar-refractivity contribution in [1.82, 2.24) is 4.72 Å². The zero-order chi connectivity index (χ0) is 12.9. The van der Waals surface area contributed by atoms with Crippen LogP contribution in [0, 0.1) is 0 Å². The maximum Gasteiger partial charge on any atom is 0.212 e. The summed E-state index contributed by atoms with van der Waals surface area (Å²) in [5.41, 5.74) is -0.463. The fraction of sp³-hybridized carbons (Fsp3) is 0.455. The molecule has 2 N–H and O–H groups in total. The minimum Gasteiger partial charge on any atom is -0.384 e. The molecule has 0 aliphatic carbocycles. The standard InChI is InChI=1S/C11H17NO3S2/c1-3-4-7-17(14,15)12-9-11(2,13)10-5-6-16-8-10/h3,5-6,8,12-13H,1,4,7,9H2,2H3. The second kappa shape index (κ2) is 5.77. The number of nitrogens with one attached hydrogen (secondary N) is 1. The van der Waals surface area contributed by atoms with E-state index in [9.17, 15) is 13.5 Å². The van der Waals surface area contributed by atoms with Crippen LogP contribution in [0.3, 0.4) is 0 Å². The zero-order valence-corrected chi connectivity index (χ0v) is 11.4. The van der Waals surface area contributed by atoms with E-state index in [2.05, 4.69) is 11.3 Å². The van der Waals surface area contributed by atoms with Crippen LogP contribution < -0.4 is 4.72 Å². The van der Waals surface area contributed by atoms with Gasteiger partial charge in [0.1, 0.15) is 5.60 Å². The first kappa shape index (κ1) is 14.4. The number of rotatable bonds is 7. The SMILES string of the molecule is C=CCCS(=O)(=O)NCC(C)(O)c1ccsc1. The molecule has 1 aromatic heterocycles. The molecule has 0 aliphatic heterocycles. The van der Waals surface area contributed by atoms with E-state index in [1.54, 1.807) is 24.4 Å². The predicted molar refractivity (Wildman–Crippen MR) is 70.5 cm³/mol. The van der Waals surface area contributed by atoms with E-state index in [1.807, 2.05) is 5.38 Å². The van der Waals surface area contributed by atoms with Gasteiger partial charge in [0, 0.05) is 6.54 Å². The third-order valence-electron chi connectivity index (χ3n) is 2.37. The first-order chi connectivity index (χ1) is 7.87. The lowest BCUT2D eigenvalue weighted by molar-refractivity contribution is 0.0632. The van der Waals surface area contributed by atoms with Crippen LogP contribution in [0.4, 0.5) is 0 Å². The highest BCUT2D eigenvalue weighted by Gasteiger charge is 2.25. The molecule has 0 aromatic carbocycles. The van der Waals surface area contributed by atoms with E-state index in [0.717, 1.165) is 0 Å². The number of allylic oxidation sites excluding steroid dienone is 1. The molecule has 0 spiro atoms. The Hall–Kier alpha value is -0.690. The van der Waals surface area contributed by atoms with Crippen molar-refractivity contribution in [3.8, 4) is 0 Å². The van der Waals surface area contributed by atoms with Gasteiger partial charge >= 0.3 is 0 Å². The number of hydrogen-bond acceptors (Lipinski definition) is 4. The monoisotopic (exact) mass is 275 g/mol. The smallest absolute Gasteiger partial charge is 0.212 e. The van der Waals surface area contributed by atoms with Gasteiger partial charge in [-0.1, -0.05) is 6.08 Å². The minimum atomic E-state index is -3.35. The highest BCUT2D eigenvalue weighted by atomic mass is 32.2. The van der Waals surface area contributed by atoms with E-state index in [1.165, 1.54) is 11.3 Å². The quantitative estimate of drug-likeness (QED) is 0.740. The molecule has 1 heterocycles. The van der Waals surface area contributed by atoms with Crippen molar-refractivity contribution in [3.63, 3.8) is 0 Å². The first-order valence-electron chi connectivity index (χ1n) is 5.21. The largest absolute Gasteiger partial charge is 0.384 e. The van der Waals surface area contributed by atoms with Crippen LogP contribution in [0.2, 0.25) is 0 Å². The Kier molecular flexibility index (Phi) is 4.88. The average Bonchev–Trinajstić information content (AvgIpc) is 2.78. The zero-order valence-electron chi connectivity index (χ0n) is 9.72. The maximum atomic E-state index is 11.5. The lowest BCUT2D eigenvalue weighted by Crippen LogP contribution is -2.39. The van der Waals surface area contributed by atoms with E-state index in [0.29, 0.717) is 12.0 Å². The highest BCUT2D eigenvalue weighted by Crippen LogP contribution is 2.22. The summed E-state index contributed by atoms with van der Waals surface area (Å²) in [5, 5.41) is 13.8. The molecule has 0 aliphatic rings. The molecule has 0 fully saturated rings. The van der Waals surface area contributed by atoms with Crippen LogP contribution >= 0.6 is 11.3 Å². The number of hydrogen-bond donors (Lipinski definition) is 2. The van der Waals surface area contributed by atoms with Gasteiger partial charge < -0.3 is 5.11 Å². The third kappa shape index (κ3) is 4.59. The van der Waals surface area contributed by atoms with E-state index in [4.69, 9.17) is 0 Å². The van der Waals surface area contributed by atoms with Gasteiger partial charge in [0.15, 0.2) is 0 Å². The fourth-order valence-electron chi connectivity index (χ4n) is 1.23. The Balaban J connectivity index is 2.58. The topological polar surface area (TPSA) is 66.4 Å². The molecule has 0 bridgehead atoms. The molecule has 1 aromatic rings. The van der Waals surface area contributed by atoms with Gasteiger partial charge in [-0.15, -0.1) is 6.58 Å². The van der Waals surface area contributed by atoms with Gasteiger partial charge in [-0.05, 0) is 35.7 Å². The Bertz CT molecular complexity index is 449. The Morgan fingerprint density at radius 2 is 2.35 bits per heavy atom. The normalized spacial score (nSPS) is 15.4. The van der Waals surface area contributed by atoms with Crippen molar-refractivity contribution in [3.05, 3.63) is 35.0 Å². The van der Waals surface area contributed by atoms with Crippen LogP contribution in [0.25, 0.3) is 0 Å². The molecule has 0 amide bonds. The van der Waals surface area contributed by atoms with Crippen molar-refractivity contribution in [2.75, 3.05) is 12.3 Å². The molecule has 6 heteroatoms. The number of aliphatic hydroxyl groups is 1. The summed E-state index contributed by atoms with van der Waals surface area (Å²) in [6.07, 6.45) is 1.95. The maximum absolute atomic E-state index is 11.5. The number of thiophene rings is 1. The van der Waals surface area contributed by atoms with Crippen molar-refractivity contribution >= 4 is 21.4 Å². The Labute approximate surface area is 106 Å². The van der Waals surface area contributed by atoms with Crippen molar-refractivity contribution in [2.24, 2.45) is 0 Å². The highest BCUT2D eigenvalue weighted by molar-refractivity contribution is 7.89. The van der Waals surface area contributed by atoms with Gasteiger partial charge in [0.05, 0.1) is 5.75 Å². The molecule has 1 unspecified atom stereocenters. The van der Waals surface area contributed by atoms with Crippen molar-refractivity contribution in [1.29, 1.82) is 0 Å². The molecule has 4 nitrogen and oxygen atoms in total. The van der Waals surface area contributed by atoms with Crippen LogP contribution in [0.5, 0.6) is 0 Å². The molecule has 0 saturated carbocycles. The van der Waals surface area contributed by atoms with Gasteiger partial charge in [-0.25, -0.2) is 13.1 Å². The average molecular weight is 275 g/mol. The summed E-state index contributed by atoms with van der Waals surface area (Å²) in [4.78, 5) is 0. The fourth-order valence-corrected chi connectivity index (χ4v) is 3.14. The van der Waals surface area contributed by atoms with Crippen LogP contribution in [-0.4, -0.2) is 25.8 Å². The van der Waals surface area contributed by atoms with Crippen molar-refractivity contribution < 1.29 is 13.5 Å². The number of sulfonamides is 1. The summed E-state index contributed by atoms with van der Waals surface area (Å²) in [7, 11) is -3.35. The van der Waals surface area contributed by atoms with E-state index >= 15 is 0 Å². The summed E-state index contributed by atoms with van der Waals surface area (Å²) in [5.74, 6) is -0.00375. The van der Waals surface area contributed by atoms with Crippen molar-refractivity contribution in [2.45, 2.75) is 18.9 Å². The molecule has 1 atom stereocenters. The Morgan fingerprint density at radius 1 is 1.65 bits per heavy atom. The molecule has 17 heavy (non-hydrogen) atoms. The summed E-state index contributed by atoms with van der Waals surface area (Å²) < 4.78 is 25.5. The van der Waals surface area contributed by atoms with Gasteiger partial charge in [-0.3, -0.25) is 0 Å². The van der Waals surface area contributed by atoms with Crippen LogP contribution in [0.15, 0.2) is 29.5 Å². The third-order valence-corrected chi connectivity index (χ3v) is 4.41. The molecule has 1 rings (SSSR count). The predicted octanol–water partition coefficient (Wildman–Crippen LogP) is 1.45. The molecule has 96 valence electrons. The summed E-state index contributed by atoms with van der Waals surface area (Å²) >= 11 is 1.46. The summed E-state index contributed by atoms with van der Waals surface area (Å²) in [6, 6.07) is 1.78. The van der Waals surface area contributed by atoms with E-state index < -0.39 is 15.6 Å². The molecule has 0 radical (unpaired) electrons. The molecule has 0 saturated heterocycles. The van der Waals surface area contributed by atoms with E-state index in [-0.39, 0.29) is 12.3 Å². The van der Waals surface area contributed by atoms with Crippen LogP contribution in [0.1, 0.15) is 18.9 Å². The van der Waals surface area contributed by atoms with Gasteiger partial charge in [0.25, 0.3) is 0 Å². The molecular formula is C11H17NO3S2. The second-order valence-corrected chi connectivity index (χ2v) is 6.71. The van der Waals surface area contributed by atoms with Gasteiger partial charge in [0.2, 0.25) is 10.0 Å². The lowest BCUT2D eigenvalue weighted by atomic mass is 10.0. The molecular weight excluding hydrogens is 258 g/mol. The van der Waals surface area contributed by atoms with Gasteiger partial charge in [-0.2, -0.15) is 11.3 Å².